The fourth-order valence-corrected chi connectivity index (χ4v) is 6.08. The van der Waals surface area contributed by atoms with Gasteiger partial charge in [0.05, 0.1) is 24.7 Å². The molecule has 0 bridgehead atoms. The third kappa shape index (κ3) is 11.3. The van der Waals surface area contributed by atoms with E-state index in [0.717, 1.165) is 44.1 Å². The van der Waals surface area contributed by atoms with E-state index in [1.165, 1.54) is 28.4 Å². The maximum Gasteiger partial charge on any atom is 0.287 e. The van der Waals surface area contributed by atoms with Crippen molar-refractivity contribution >= 4 is 29.4 Å². The molecule has 3 aromatic rings. The Bertz CT molecular complexity index is 1300. The Kier molecular flexibility index (Phi) is 14.7. The van der Waals surface area contributed by atoms with Gasteiger partial charge in [-0.25, -0.2) is 0 Å². The number of carbonyl (C=O) groups excluding carboxylic acids is 3. The van der Waals surface area contributed by atoms with Gasteiger partial charge in [-0.1, -0.05) is 88.2 Å². The number of unbranched alkanes of at least 4 members (excludes halogenated alkanes) is 1. The number of ketones is 1. The van der Waals surface area contributed by atoms with E-state index >= 15 is 0 Å². The summed E-state index contributed by atoms with van der Waals surface area (Å²) >= 11 is 1.61. The van der Waals surface area contributed by atoms with Gasteiger partial charge in [0.15, 0.2) is 17.6 Å². The number of aliphatic hydroxyl groups is 1. The molecule has 0 saturated heterocycles. The molecule has 2 N–H and O–H groups in total. The molecule has 2 amide bonds. The van der Waals surface area contributed by atoms with Crippen LogP contribution in [0.5, 0.6) is 0 Å². The zero-order chi connectivity index (χ0) is 31.9. The second-order valence-corrected chi connectivity index (χ2v) is 13.1. The summed E-state index contributed by atoms with van der Waals surface area (Å²) in [6.07, 6.45) is 5.73. The third-order valence-corrected chi connectivity index (χ3v) is 9.29. The maximum absolute atomic E-state index is 13.9. The molecular weight excluding hydrogens is 572 g/mol. The fourth-order valence-electron chi connectivity index (χ4n) is 5.09. The number of aryl methyl sites for hydroxylation is 2. The Labute approximate surface area is 266 Å². The molecule has 0 spiro atoms. The van der Waals surface area contributed by atoms with Gasteiger partial charge in [0.1, 0.15) is 0 Å². The Morgan fingerprint density at radius 2 is 1.68 bits per heavy atom. The van der Waals surface area contributed by atoms with Gasteiger partial charge in [0.25, 0.3) is 11.8 Å². The van der Waals surface area contributed by atoms with Crippen molar-refractivity contribution in [1.82, 2.24) is 10.2 Å². The molecule has 7 nitrogen and oxygen atoms in total. The van der Waals surface area contributed by atoms with E-state index in [-0.39, 0.29) is 41.6 Å². The zero-order valence-corrected chi connectivity index (χ0v) is 27.4. The largest absolute Gasteiger partial charge is 0.459 e. The molecule has 0 saturated carbocycles. The lowest BCUT2D eigenvalue weighted by Crippen LogP contribution is -2.53. The van der Waals surface area contributed by atoms with Gasteiger partial charge in [0.2, 0.25) is 0 Å². The minimum absolute atomic E-state index is 0.0222. The molecule has 3 rings (SSSR count). The first kappa shape index (κ1) is 35.1. The highest BCUT2D eigenvalue weighted by molar-refractivity contribution is 7.99. The van der Waals surface area contributed by atoms with Gasteiger partial charge in [-0.05, 0) is 67.9 Å². The predicted molar refractivity (Wildman–Crippen MR) is 178 cm³/mol. The van der Waals surface area contributed by atoms with Crippen molar-refractivity contribution in [1.29, 1.82) is 0 Å². The quantitative estimate of drug-likeness (QED) is 0.146. The average molecular weight is 621 g/mol. The van der Waals surface area contributed by atoms with E-state index in [4.69, 9.17) is 4.42 Å². The number of hydrogen-bond donors (Lipinski definition) is 2. The van der Waals surface area contributed by atoms with Gasteiger partial charge in [-0.15, -0.1) is 11.8 Å². The highest BCUT2D eigenvalue weighted by Gasteiger charge is 2.33. The normalized spacial score (nSPS) is 13.9. The van der Waals surface area contributed by atoms with Crippen LogP contribution in [0.1, 0.15) is 80.1 Å². The molecule has 44 heavy (non-hydrogen) atoms. The van der Waals surface area contributed by atoms with Crippen LogP contribution in [0.15, 0.2) is 77.4 Å². The second-order valence-electron chi connectivity index (χ2n) is 11.7. The van der Waals surface area contributed by atoms with Gasteiger partial charge in [-0.3, -0.25) is 14.4 Å². The third-order valence-electron chi connectivity index (χ3n) is 8.03. The maximum atomic E-state index is 13.9. The number of hydrogen-bond acceptors (Lipinski definition) is 6. The second kappa shape index (κ2) is 18.4. The lowest BCUT2D eigenvalue weighted by molar-refractivity contribution is -0.143. The van der Waals surface area contributed by atoms with Gasteiger partial charge < -0.3 is 19.7 Å². The first-order valence-electron chi connectivity index (χ1n) is 15.7. The van der Waals surface area contributed by atoms with Crippen molar-refractivity contribution in [2.24, 2.45) is 5.92 Å². The summed E-state index contributed by atoms with van der Waals surface area (Å²) in [7, 11) is 0. The van der Waals surface area contributed by atoms with E-state index in [0.29, 0.717) is 0 Å². The lowest BCUT2D eigenvalue weighted by Gasteiger charge is -2.30. The molecule has 0 fully saturated rings. The van der Waals surface area contributed by atoms with Crippen LogP contribution >= 0.6 is 11.8 Å². The van der Waals surface area contributed by atoms with Crippen molar-refractivity contribution < 1.29 is 23.9 Å². The van der Waals surface area contributed by atoms with Crippen LogP contribution in [0, 0.1) is 12.8 Å². The minimum atomic E-state index is -1.55. The standard InChI is InChI=1S/C36H48N2O5S/c1-5-6-14-27(3)32(39)24-38(25-44-28(4)16-12-20-30-19-11-10-15-26(30)2)36(42)34(40)31(23-29-17-8-7-9-18-29)37-35(41)33-21-13-22-43-33/h7-11,13,15,17-19,21-22,27-28,31,34,40H,5-6,12,14,16,20,23-25H2,1-4H3,(H,37,41). The molecule has 8 heteroatoms. The van der Waals surface area contributed by atoms with Crippen LogP contribution in [-0.4, -0.2) is 57.4 Å². The number of benzene rings is 2. The smallest absolute Gasteiger partial charge is 0.287 e. The molecule has 0 aliphatic heterocycles. The number of aliphatic hydroxyl groups excluding tert-OH is 1. The summed E-state index contributed by atoms with van der Waals surface area (Å²) in [4.78, 5) is 41.5. The van der Waals surface area contributed by atoms with Crippen LogP contribution in [0.2, 0.25) is 0 Å². The molecule has 4 atom stereocenters. The predicted octanol–water partition coefficient (Wildman–Crippen LogP) is 6.62. The Balaban J connectivity index is 1.72. The van der Waals surface area contributed by atoms with E-state index in [1.807, 2.05) is 37.3 Å². The number of furan rings is 1. The molecule has 2 aromatic carbocycles. The number of nitrogens with one attached hydrogen (secondary N) is 1. The van der Waals surface area contributed by atoms with Crippen molar-refractivity contribution in [3.05, 3.63) is 95.4 Å². The summed E-state index contributed by atoms with van der Waals surface area (Å²) in [5.41, 5.74) is 3.49. The van der Waals surface area contributed by atoms with Crippen molar-refractivity contribution in [3.8, 4) is 0 Å². The van der Waals surface area contributed by atoms with E-state index < -0.39 is 24.0 Å². The topological polar surface area (TPSA) is 99.9 Å². The SMILES string of the molecule is CCCCC(C)C(=O)CN(CSC(C)CCCc1ccccc1C)C(=O)C(O)C(Cc1ccccc1)NC(=O)c1ccco1. The Morgan fingerprint density at radius 1 is 0.955 bits per heavy atom. The van der Waals surface area contributed by atoms with Crippen LogP contribution in [0.4, 0.5) is 0 Å². The number of amides is 2. The number of nitrogens with zero attached hydrogens (tertiary/aromatic N) is 1. The lowest BCUT2D eigenvalue weighted by atomic mass is 9.98. The number of Topliss-reactive ketones (excluding diaryl/α,β-unsaturated/α-hetero) is 1. The number of rotatable bonds is 19. The Hall–Kier alpha value is -3.36. The molecule has 4 unspecified atom stereocenters. The zero-order valence-electron chi connectivity index (χ0n) is 26.5. The van der Waals surface area contributed by atoms with Gasteiger partial charge in [0, 0.05) is 11.2 Å². The summed E-state index contributed by atoms with van der Waals surface area (Å²) in [5, 5.41) is 14.5. The van der Waals surface area contributed by atoms with Crippen LogP contribution < -0.4 is 5.32 Å². The van der Waals surface area contributed by atoms with E-state index in [1.54, 1.807) is 17.8 Å². The fraction of sp³-hybridized carbons (Fsp3) is 0.472. The monoisotopic (exact) mass is 620 g/mol. The van der Waals surface area contributed by atoms with Gasteiger partial charge in [-0.2, -0.15) is 0 Å². The molecule has 0 aliphatic rings. The number of thioether (sulfide) groups is 1. The van der Waals surface area contributed by atoms with E-state index in [2.05, 4.69) is 50.4 Å². The highest BCUT2D eigenvalue weighted by atomic mass is 32.2. The van der Waals surface area contributed by atoms with Crippen LogP contribution in [0.3, 0.4) is 0 Å². The molecule has 238 valence electrons. The molecule has 0 aliphatic carbocycles. The highest BCUT2D eigenvalue weighted by Crippen LogP contribution is 2.22. The molecule has 1 heterocycles. The summed E-state index contributed by atoms with van der Waals surface area (Å²) in [6, 6.07) is 20.0. The molecule has 0 radical (unpaired) electrons. The van der Waals surface area contributed by atoms with E-state index in [9.17, 15) is 19.5 Å². The van der Waals surface area contributed by atoms with Crippen LogP contribution in [-0.2, 0) is 22.4 Å². The van der Waals surface area contributed by atoms with Gasteiger partial charge >= 0.3 is 0 Å². The Morgan fingerprint density at radius 3 is 2.36 bits per heavy atom. The summed E-state index contributed by atoms with van der Waals surface area (Å²) in [6.45, 7) is 8.18. The average Bonchev–Trinajstić information content (AvgIpc) is 3.57. The minimum Gasteiger partial charge on any atom is -0.459 e. The number of carbonyl (C=O) groups is 3. The first-order valence-corrected chi connectivity index (χ1v) is 16.8. The van der Waals surface area contributed by atoms with Crippen LogP contribution in [0.25, 0.3) is 0 Å². The molecular formula is C36H48N2O5S. The summed E-state index contributed by atoms with van der Waals surface area (Å²) in [5.74, 6) is -0.924. The summed E-state index contributed by atoms with van der Waals surface area (Å²) < 4.78 is 5.24. The first-order chi connectivity index (χ1) is 21.2. The van der Waals surface area contributed by atoms with Crippen molar-refractivity contribution in [3.63, 3.8) is 0 Å². The van der Waals surface area contributed by atoms with Crippen molar-refractivity contribution in [2.75, 3.05) is 12.4 Å². The molecule has 1 aromatic heterocycles. The van der Waals surface area contributed by atoms with Crippen molar-refractivity contribution in [2.45, 2.75) is 90.0 Å².